The third-order valence-electron chi connectivity index (χ3n) is 3.14. The minimum absolute atomic E-state index is 0.150. The fraction of sp³-hybridized carbons (Fsp3) is 0.875. The minimum Gasteiger partial charge on any atom is -0.314 e. The lowest BCUT2D eigenvalue weighted by molar-refractivity contribution is -0.127. The van der Waals surface area contributed by atoms with Crippen LogP contribution in [0.25, 0.3) is 0 Å². The maximum absolute atomic E-state index is 11.7. The van der Waals surface area contributed by atoms with Crippen molar-refractivity contribution < 1.29 is 13.2 Å². The molecule has 0 bridgehead atoms. The van der Waals surface area contributed by atoms with Crippen LogP contribution in [0.4, 0.5) is 0 Å². The molecule has 1 amide bonds. The minimum atomic E-state index is -3.40. The van der Waals surface area contributed by atoms with Gasteiger partial charge in [-0.1, -0.05) is 6.92 Å². The number of rotatable bonds is 1. The van der Waals surface area contributed by atoms with Crippen molar-refractivity contribution in [2.75, 3.05) is 19.3 Å². The molecular formula is C8H14I2N2O3S. The molecule has 0 radical (unpaired) electrons. The van der Waals surface area contributed by atoms with E-state index >= 15 is 0 Å². The number of hydrogen-bond acceptors (Lipinski definition) is 4. The van der Waals surface area contributed by atoms with Crippen LogP contribution in [-0.4, -0.2) is 44.0 Å². The Morgan fingerprint density at radius 1 is 1.38 bits per heavy atom. The van der Waals surface area contributed by atoms with Crippen molar-refractivity contribution in [3.8, 4) is 0 Å². The molecule has 0 aromatic rings. The molecule has 94 valence electrons. The van der Waals surface area contributed by atoms with Crippen molar-refractivity contribution in [1.82, 2.24) is 9.62 Å². The second kappa shape index (κ2) is 5.65. The molecule has 2 heterocycles. The van der Waals surface area contributed by atoms with E-state index in [9.17, 15) is 13.2 Å². The summed E-state index contributed by atoms with van der Waals surface area (Å²) in [5.41, 5.74) is 0. The third-order valence-corrected chi connectivity index (χ3v) is 4.30. The van der Waals surface area contributed by atoms with Crippen LogP contribution in [0.2, 0.25) is 0 Å². The van der Waals surface area contributed by atoms with E-state index in [1.807, 2.05) is 0 Å². The van der Waals surface area contributed by atoms with Gasteiger partial charge in [0.2, 0.25) is 15.9 Å². The van der Waals surface area contributed by atoms with Crippen molar-refractivity contribution in [2.45, 2.75) is 13.0 Å². The van der Waals surface area contributed by atoms with Crippen molar-refractivity contribution in [3.05, 3.63) is 0 Å². The first-order chi connectivity index (χ1) is 7.43. The van der Waals surface area contributed by atoms with Gasteiger partial charge in [0.25, 0.3) is 0 Å². The highest BCUT2D eigenvalue weighted by molar-refractivity contribution is 15.0. The van der Waals surface area contributed by atoms with E-state index in [1.54, 1.807) is 6.92 Å². The van der Waals surface area contributed by atoms with Gasteiger partial charge in [0.1, 0.15) is 0 Å². The number of nitrogens with one attached hydrogen (secondary N) is 1. The van der Waals surface area contributed by atoms with Gasteiger partial charge in [-0.15, -0.1) is 0 Å². The van der Waals surface area contributed by atoms with E-state index in [1.165, 1.54) is 0 Å². The molecule has 16 heavy (non-hydrogen) atoms. The number of nitrogens with zero attached hydrogens (tertiary/aromatic N) is 1. The third kappa shape index (κ3) is 2.64. The molecule has 3 atom stereocenters. The van der Waals surface area contributed by atoms with Crippen molar-refractivity contribution >= 4 is 53.2 Å². The Balaban J connectivity index is 0.000000606. The molecule has 2 aliphatic heterocycles. The zero-order valence-corrected chi connectivity index (χ0v) is 14.1. The van der Waals surface area contributed by atoms with Crippen molar-refractivity contribution in [2.24, 2.45) is 11.8 Å². The maximum Gasteiger partial charge on any atom is 0.239 e. The summed E-state index contributed by atoms with van der Waals surface area (Å²) >= 11 is 4.24. The molecule has 2 saturated heterocycles. The van der Waals surface area contributed by atoms with E-state index in [-0.39, 0.29) is 23.8 Å². The van der Waals surface area contributed by atoms with Gasteiger partial charge in [-0.2, -0.15) is 0 Å². The molecule has 8 heteroatoms. The summed E-state index contributed by atoms with van der Waals surface area (Å²) < 4.78 is 23.9. The fourth-order valence-corrected chi connectivity index (χ4v) is 3.62. The molecule has 0 spiro atoms. The molecule has 2 fully saturated rings. The molecule has 0 aromatic heterocycles. The molecule has 0 aromatic carbocycles. The second-order valence-electron chi connectivity index (χ2n) is 4.08. The quantitative estimate of drug-likeness (QED) is 0.574. The summed E-state index contributed by atoms with van der Waals surface area (Å²) in [7, 11) is -3.40. The SMILES string of the molecule is C[C@@H]1C(=O)N(S(C)(=O)=O)C2CNC[C@H]21.II. The molecular weight excluding hydrogens is 458 g/mol. The average molecular weight is 472 g/mol. The van der Waals surface area contributed by atoms with E-state index in [4.69, 9.17) is 0 Å². The smallest absolute Gasteiger partial charge is 0.239 e. The van der Waals surface area contributed by atoms with Crippen LogP contribution in [0.5, 0.6) is 0 Å². The number of carbonyl (C=O) groups is 1. The van der Waals surface area contributed by atoms with Crippen LogP contribution in [-0.2, 0) is 14.8 Å². The van der Waals surface area contributed by atoms with Crippen LogP contribution in [0, 0.1) is 11.8 Å². The number of amides is 1. The summed E-state index contributed by atoms with van der Waals surface area (Å²) in [6, 6.07) is -0.160. The van der Waals surface area contributed by atoms with Crippen LogP contribution in [0.3, 0.4) is 0 Å². The Bertz CT molecular complexity index is 373. The van der Waals surface area contributed by atoms with Crippen LogP contribution >= 0.6 is 37.2 Å². The van der Waals surface area contributed by atoms with Gasteiger partial charge in [0.05, 0.1) is 12.3 Å². The first-order valence-corrected chi connectivity index (χ1v) is 12.9. The molecule has 0 saturated carbocycles. The number of hydrogen-bond donors (Lipinski definition) is 1. The molecule has 1 N–H and O–H groups in total. The largest absolute Gasteiger partial charge is 0.314 e. The molecule has 0 aliphatic carbocycles. The Labute approximate surface area is 119 Å². The van der Waals surface area contributed by atoms with E-state index in [0.717, 1.165) is 17.1 Å². The van der Waals surface area contributed by atoms with Gasteiger partial charge in [-0.25, -0.2) is 12.7 Å². The van der Waals surface area contributed by atoms with E-state index < -0.39 is 10.0 Å². The Morgan fingerprint density at radius 3 is 2.44 bits per heavy atom. The number of halogens is 2. The Morgan fingerprint density at radius 2 is 1.94 bits per heavy atom. The highest BCUT2D eigenvalue weighted by Gasteiger charge is 2.51. The second-order valence-corrected chi connectivity index (χ2v) is 5.93. The van der Waals surface area contributed by atoms with Crippen LogP contribution in [0.1, 0.15) is 6.92 Å². The fourth-order valence-electron chi connectivity index (χ4n) is 2.41. The summed E-state index contributed by atoms with van der Waals surface area (Å²) in [5.74, 6) is -0.272. The van der Waals surface area contributed by atoms with Gasteiger partial charge in [-0.05, 0) is 0 Å². The first kappa shape index (κ1) is 14.9. The van der Waals surface area contributed by atoms with Crippen LogP contribution < -0.4 is 5.32 Å². The van der Waals surface area contributed by atoms with Gasteiger partial charge < -0.3 is 5.32 Å². The van der Waals surface area contributed by atoms with Gasteiger partial charge in [-0.3, -0.25) is 4.79 Å². The Hall–Kier alpha value is 0.840. The predicted octanol–water partition coefficient (Wildman–Crippen LogP) is 0.784. The lowest BCUT2D eigenvalue weighted by Crippen LogP contribution is -2.41. The number of sulfonamides is 1. The summed E-state index contributed by atoms with van der Waals surface area (Å²) in [4.78, 5) is 11.7. The van der Waals surface area contributed by atoms with Crippen molar-refractivity contribution in [1.29, 1.82) is 0 Å². The molecule has 2 rings (SSSR count). The Kier molecular flexibility index (Phi) is 5.26. The highest BCUT2D eigenvalue weighted by Crippen LogP contribution is 2.34. The van der Waals surface area contributed by atoms with E-state index in [0.29, 0.717) is 6.54 Å². The van der Waals surface area contributed by atoms with Gasteiger partial charge >= 0.3 is 0 Å². The number of carbonyl (C=O) groups excluding carboxylic acids is 1. The first-order valence-electron chi connectivity index (χ1n) is 4.81. The molecule has 1 unspecified atom stereocenters. The average Bonchev–Trinajstić information content (AvgIpc) is 2.73. The molecule has 2 aliphatic rings. The van der Waals surface area contributed by atoms with Crippen LogP contribution in [0.15, 0.2) is 0 Å². The van der Waals surface area contributed by atoms with Crippen molar-refractivity contribution in [3.63, 3.8) is 0 Å². The summed E-state index contributed by atoms with van der Waals surface area (Å²) in [6.45, 7) is 3.13. The highest BCUT2D eigenvalue weighted by atomic mass is 128. The standard InChI is InChI=1S/C8H14N2O3S.I2/c1-5-6-3-9-4-7(6)10(8(5)11)14(2,12)13;1-2/h5-7,9H,3-4H2,1-2H3;/t5-,6-,7?;/m0./s1. The summed E-state index contributed by atoms with van der Waals surface area (Å²) in [5, 5.41) is 3.12. The van der Waals surface area contributed by atoms with Gasteiger partial charge in [0, 0.05) is 62.2 Å². The predicted molar refractivity (Wildman–Crippen MR) is 79.0 cm³/mol. The lowest BCUT2D eigenvalue weighted by Gasteiger charge is -2.20. The topological polar surface area (TPSA) is 66.5 Å². The zero-order valence-electron chi connectivity index (χ0n) is 8.98. The lowest BCUT2D eigenvalue weighted by atomic mass is 9.95. The number of fused-ring (bicyclic) bond motifs is 1. The summed E-state index contributed by atoms with van der Waals surface area (Å²) in [6.07, 6.45) is 1.10. The monoisotopic (exact) mass is 472 g/mol. The van der Waals surface area contributed by atoms with Gasteiger partial charge in [0.15, 0.2) is 0 Å². The zero-order chi connectivity index (χ0) is 12.5. The normalized spacial score (nSPS) is 33.4. The molecule has 5 nitrogen and oxygen atoms in total. The maximum atomic E-state index is 11.7. The van der Waals surface area contributed by atoms with E-state index in [2.05, 4.69) is 42.5 Å².